The zero-order valence-electron chi connectivity index (χ0n) is 17.6. The monoisotopic (exact) mass is 392 g/mol. The molecule has 0 aliphatic carbocycles. The Morgan fingerprint density at radius 3 is 2.59 bits per heavy atom. The minimum atomic E-state index is -0.318. The van der Waals surface area contributed by atoms with E-state index in [1.54, 1.807) is 0 Å². The highest BCUT2D eigenvalue weighted by Gasteiger charge is 2.26. The summed E-state index contributed by atoms with van der Waals surface area (Å²) in [6.45, 7) is 16.7. The Kier molecular flexibility index (Phi) is 9.50. The predicted molar refractivity (Wildman–Crippen MR) is 114 cm³/mol. The van der Waals surface area contributed by atoms with Gasteiger partial charge in [-0.2, -0.15) is 0 Å². The standard InChI is InChI=1S/C20H26O4S.C2H6/c1-7-17(24-12(2)3)25-14(5)16-11-13(4)18(20(21)22-6)15-9-8-10-23-19(15)16;1-2/h7,11-12H,5,8-10H2,1-4,6H3;1-2H3/b17-7-;. The van der Waals surface area contributed by atoms with Crippen LogP contribution in [0.5, 0.6) is 5.75 Å². The maximum Gasteiger partial charge on any atom is 0.338 e. The van der Waals surface area contributed by atoms with Crippen LogP contribution in [0.4, 0.5) is 0 Å². The molecule has 0 bridgehead atoms. The fourth-order valence-corrected chi connectivity index (χ4v) is 3.71. The fraction of sp³-hybridized carbons (Fsp3) is 0.500. The molecule has 1 heterocycles. The van der Waals surface area contributed by atoms with Crippen molar-refractivity contribution in [2.24, 2.45) is 0 Å². The highest BCUT2D eigenvalue weighted by Crippen LogP contribution is 2.43. The summed E-state index contributed by atoms with van der Waals surface area (Å²) in [5.74, 6) is 0.427. The Morgan fingerprint density at radius 1 is 1.37 bits per heavy atom. The number of benzene rings is 1. The van der Waals surface area contributed by atoms with Gasteiger partial charge in [0.05, 0.1) is 25.4 Å². The van der Waals surface area contributed by atoms with Crippen molar-refractivity contribution < 1.29 is 19.0 Å². The summed E-state index contributed by atoms with van der Waals surface area (Å²) in [5.41, 5.74) is 3.32. The lowest BCUT2D eigenvalue weighted by Crippen LogP contribution is -2.17. The van der Waals surface area contributed by atoms with Gasteiger partial charge in [0.25, 0.3) is 0 Å². The highest BCUT2D eigenvalue weighted by atomic mass is 32.2. The zero-order chi connectivity index (χ0) is 20.6. The van der Waals surface area contributed by atoms with Crippen molar-refractivity contribution in [2.45, 2.75) is 60.5 Å². The molecule has 1 aromatic rings. The van der Waals surface area contributed by atoms with Gasteiger partial charge in [0.2, 0.25) is 0 Å². The van der Waals surface area contributed by atoms with E-state index in [4.69, 9.17) is 14.2 Å². The van der Waals surface area contributed by atoms with Gasteiger partial charge in [0.15, 0.2) is 5.09 Å². The number of esters is 1. The number of aryl methyl sites for hydroxylation is 1. The molecule has 0 aromatic heterocycles. The Hall–Kier alpha value is -1.88. The van der Waals surface area contributed by atoms with Crippen LogP contribution < -0.4 is 4.74 Å². The molecule has 0 spiro atoms. The molecule has 0 saturated heterocycles. The largest absolute Gasteiger partial charge is 0.493 e. The average Bonchev–Trinajstić information content (AvgIpc) is 2.67. The molecule has 0 atom stereocenters. The van der Waals surface area contributed by atoms with Gasteiger partial charge < -0.3 is 14.2 Å². The third-order valence-electron chi connectivity index (χ3n) is 3.89. The zero-order valence-corrected chi connectivity index (χ0v) is 18.4. The van der Waals surface area contributed by atoms with Gasteiger partial charge in [-0.25, -0.2) is 4.79 Å². The maximum atomic E-state index is 12.2. The summed E-state index contributed by atoms with van der Waals surface area (Å²) in [6, 6.07) is 1.95. The number of hydrogen-bond donors (Lipinski definition) is 0. The average molecular weight is 393 g/mol. The van der Waals surface area contributed by atoms with Crippen molar-refractivity contribution >= 4 is 22.6 Å². The molecule has 4 nitrogen and oxygen atoms in total. The summed E-state index contributed by atoms with van der Waals surface area (Å²) < 4.78 is 16.7. The Balaban J connectivity index is 0.00000176. The van der Waals surface area contributed by atoms with Crippen LogP contribution >= 0.6 is 11.8 Å². The number of allylic oxidation sites excluding steroid dienone is 1. The van der Waals surface area contributed by atoms with Crippen molar-refractivity contribution in [2.75, 3.05) is 13.7 Å². The van der Waals surface area contributed by atoms with Gasteiger partial charge in [-0.05, 0) is 58.2 Å². The third kappa shape index (κ3) is 5.80. The normalized spacial score (nSPS) is 13.1. The minimum Gasteiger partial charge on any atom is -0.493 e. The highest BCUT2D eigenvalue weighted by molar-refractivity contribution is 8.11. The number of ether oxygens (including phenoxy) is 3. The first-order valence-electron chi connectivity index (χ1n) is 9.46. The predicted octanol–water partition coefficient (Wildman–Crippen LogP) is 6.12. The summed E-state index contributed by atoms with van der Waals surface area (Å²) in [4.78, 5) is 13.0. The van der Waals surface area contributed by atoms with Crippen LogP contribution in [0.15, 0.2) is 23.8 Å². The molecule has 1 aliphatic heterocycles. The number of carbonyl (C=O) groups excluding carboxylic acids is 1. The molecule has 150 valence electrons. The Labute approximate surface area is 168 Å². The molecule has 1 aliphatic rings. The first kappa shape index (κ1) is 23.2. The lowest BCUT2D eigenvalue weighted by molar-refractivity contribution is 0.0597. The van der Waals surface area contributed by atoms with Crippen molar-refractivity contribution in [3.63, 3.8) is 0 Å². The van der Waals surface area contributed by atoms with Crippen molar-refractivity contribution in [1.29, 1.82) is 0 Å². The molecule has 27 heavy (non-hydrogen) atoms. The van der Waals surface area contributed by atoms with Crippen molar-refractivity contribution in [1.82, 2.24) is 0 Å². The SMILES string of the molecule is C=C(S/C(=C\C)OC(C)C)c1cc(C)c(C(=O)OC)c2c1OCCC2.CC. The maximum absolute atomic E-state index is 12.2. The van der Waals surface area contributed by atoms with Gasteiger partial charge in [-0.1, -0.05) is 32.2 Å². The van der Waals surface area contributed by atoms with E-state index in [1.807, 2.05) is 53.7 Å². The lowest BCUT2D eigenvalue weighted by Gasteiger charge is -2.25. The number of thioether (sulfide) groups is 1. The van der Waals surface area contributed by atoms with E-state index in [1.165, 1.54) is 18.9 Å². The van der Waals surface area contributed by atoms with Gasteiger partial charge in [0.1, 0.15) is 5.75 Å². The van der Waals surface area contributed by atoms with Crippen LogP contribution in [0.1, 0.15) is 68.1 Å². The van der Waals surface area contributed by atoms with Crippen LogP contribution in [0, 0.1) is 6.92 Å². The second-order valence-corrected chi connectivity index (χ2v) is 7.27. The van der Waals surface area contributed by atoms with E-state index in [9.17, 15) is 4.79 Å². The lowest BCUT2D eigenvalue weighted by atomic mass is 9.92. The Morgan fingerprint density at radius 2 is 2.04 bits per heavy atom. The van der Waals surface area contributed by atoms with Crippen LogP contribution in [0.2, 0.25) is 0 Å². The van der Waals surface area contributed by atoms with Crippen LogP contribution in [-0.4, -0.2) is 25.8 Å². The van der Waals surface area contributed by atoms with E-state index in [0.29, 0.717) is 12.2 Å². The number of hydrogen-bond acceptors (Lipinski definition) is 5. The second-order valence-electron chi connectivity index (χ2n) is 6.17. The molecule has 0 fully saturated rings. The Bertz CT molecular complexity index is 705. The van der Waals surface area contributed by atoms with Gasteiger partial charge >= 0.3 is 5.97 Å². The molecule has 0 radical (unpaired) electrons. The van der Waals surface area contributed by atoms with Crippen LogP contribution in [0.25, 0.3) is 4.91 Å². The number of rotatable bonds is 6. The summed E-state index contributed by atoms with van der Waals surface area (Å²) in [7, 11) is 1.40. The molecular weight excluding hydrogens is 360 g/mol. The number of methoxy groups -OCH3 is 1. The third-order valence-corrected chi connectivity index (χ3v) is 4.89. The first-order chi connectivity index (χ1) is 12.9. The van der Waals surface area contributed by atoms with E-state index in [0.717, 1.165) is 45.3 Å². The smallest absolute Gasteiger partial charge is 0.338 e. The van der Waals surface area contributed by atoms with E-state index < -0.39 is 0 Å². The number of carbonyl (C=O) groups is 1. The van der Waals surface area contributed by atoms with E-state index >= 15 is 0 Å². The molecule has 0 saturated carbocycles. The van der Waals surface area contributed by atoms with E-state index in [2.05, 4.69) is 6.58 Å². The summed E-state index contributed by atoms with van der Waals surface area (Å²) in [5, 5.41) is 0.805. The molecular formula is C22H32O4S. The fourth-order valence-electron chi connectivity index (χ4n) is 2.85. The van der Waals surface area contributed by atoms with Gasteiger partial charge in [0, 0.05) is 16.0 Å². The topological polar surface area (TPSA) is 44.8 Å². The summed E-state index contributed by atoms with van der Waals surface area (Å²) in [6.07, 6.45) is 3.71. The molecule has 0 N–H and O–H groups in total. The molecule has 5 heteroatoms. The molecule has 1 aromatic carbocycles. The quantitative estimate of drug-likeness (QED) is 0.431. The van der Waals surface area contributed by atoms with Crippen LogP contribution in [0.3, 0.4) is 0 Å². The summed E-state index contributed by atoms with van der Waals surface area (Å²) >= 11 is 1.48. The molecule has 0 unspecified atom stereocenters. The van der Waals surface area contributed by atoms with Gasteiger partial charge in [-0.15, -0.1) is 0 Å². The van der Waals surface area contributed by atoms with Crippen molar-refractivity contribution in [3.8, 4) is 5.75 Å². The first-order valence-corrected chi connectivity index (χ1v) is 10.3. The van der Waals surface area contributed by atoms with Crippen molar-refractivity contribution in [3.05, 3.63) is 46.1 Å². The minimum absolute atomic E-state index is 0.0973. The van der Waals surface area contributed by atoms with Gasteiger partial charge in [-0.3, -0.25) is 0 Å². The van der Waals surface area contributed by atoms with E-state index in [-0.39, 0.29) is 12.1 Å². The van der Waals surface area contributed by atoms with Crippen LogP contribution in [-0.2, 0) is 15.9 Å². The second kappa shape index (κ2) is 11.1. The molecule has 0 amide bonds. The molecule has 2 rings (SSSR count). The number of fused-ring (bicyclic) bond motifs is 1.